The van der Waals surface area contributed by atoms with Gasteiger partial charge in [0.15, 0.2) is 0 Å². The predicted molar refractivity (Wildman–Crippen MR) is 99.1 cm³/mol. The molecule has 1 fully saturated rings. The molecule has 3 heteroatoms. The normalized spacial score (nSPS) is 20.5. The fourth-order valence-corrected chi connectivity index (χ4v) is 3.61. The zero-order chi connectivity index (χ0) is 17.3. The Morgan fingerprint density at radius 3 is 2.58 bits per heavy atom. The minimum atomic E-state index is -0.806. The van der Waals surface area contributed by atoms with Gasteiger partial charge in [-0.3, -0.25) is 0 Å². The van der Waals surface area contributed by atoms with E-state index in [1.807, 2.05) is 0 Å². The van der Waals surface area contributed by atoms with Gasteiger partial charge in [-0.25, -0.2) is 4.79 Å². The first kappa shape index (κ1) is 16.6. The van der Waals surface area contributed by atoms with Crippen LogP contribution in [-0.4, -0.2) is 28.7 Å². The second-order valence-corrected chi connectivity index (χ2v) is 7.68. The molecule has 0 aliphatic carbocycles. The van der Waals surface area contributed by atoms with Gasteiger partial charge in [-0.1, -0.05) is 74.9 Å². The minimum absolute atomic E-state index is 0.0185. The van der Waals surface area contributed by atoms with E-state index >= 15 is 0 Å². The van der Waals surface area contributed by atoms with Crippen LogP contribution in [0, 0.1) is 5.41 Å². The number of likely N-dealkylation sites (tertiary alicyclic amines) is 1. The number of amides is 1. The highest BCUT2D eigenvalue weighted by Gasteiger charge is 2.36. The fraction of sp³-hybridized carbons (Fsp3) is 0.381. The molecule has 3 nitrogen and oxygen atoms in total. The molecule has 0 bridgehead atoms. The lowest BCUT2D eigenvalue weighted by Gasteiger charge is -2.42. The van der Waals surface area contributed by atoms with Crippen molar-refractivity contribution in [2.75, 3.05) is 6.54 Å². The number of rotatable bonds is 1. The molecule has 1 atom stereocenters. The van der Waals surface area contributed by atoms with Crippen LogP contribution in [0.1, 0.15) is 39.2 Å². The second kappa shape index (κ2) is 6.31. The highest BCUT2D eigenvalue weighted by Crippen LogP contribution is 2.35. The SMILES string of the molecule is CC(C)(C)C1CC(=Cc2cccc3ccccc23)CCN1C(=O)O. The molecule has 2 aromatic carbocycles. The Bertz CT molecular complexity index is 781. The van der Waals surface area contributed by atoms with E-state index in [-0.39, 0.29) is 11.5 Å². The summed E-state index contributed by atoms with van der Waals surface area (Å²) in [7, 11) is 0. The van der Waals surface area contributed by atoms with Gasteiger partial charge in [0.05, 0.1) is 0 Å². The minimum Gasteiger partial charge on any atom is -0.465 e. The highest BCUT2D eigenvalue weighted by molar-refractivity contribution is 5.90. The van der Waals surface area contributed by atoms with Crippen LogP contribution in [0.5, 0.6) is 0 Å². The first-order valence-electron chi connectivity index (χ1n) is 8.53. The van der Waals surface area contributed by atoms with Crippen LogP contribution in [0.25, 0.3) is 16.8 Å². The summed E-state index contributed by atoms with van der Waals surface area (Å²) in [5, 5.41) is 12.0. The molecule has 0 saturated carbocycles. The standard InChI is InChI=1S/C21H25NO2/c1-21(2,3)19-14-15(11-12-22(19)20(23)24)13-17-9-6-8-16-7-4-5-10-18(16)17/h4-10,13,19H,11-12,14H2,1-3H3,(H,23,24). The quantitative estimate of drug-likeness (QED) is 0.762. The van der Waals surface area contributed by atoms with Crippen LogP contribution in [0.4, 0.5) is 4.79 Å². The molecule has 24 heavy (non-hydrogen) atoms. The molecule has 2 aromatic rings. The van der Waals surface area contributed by atoms with Gasteiger partial charge in [0.25, 0.3) is 0 Å². The van der Waals surface area contributed by atoms with Crippen LogP contribution in [0.2, 0.25) is 0 Å². The summed E-state index contributed by atoms with van der Waals surface area (Å²) in [6.45, 7) is 6.94. The summed E-state index contributed by atoms with van der Waals surface area (Å²) < 4.78 is 0. The molecular formula is C21H25NO2. The lowest BCUT2D eigenvalue weighted by Crippen LogP contribution is -2.50. The molecule has 1 aliphatic rings. The van der Waals surface area contributed by atoms with E-state index in [0.717, 1.165) is 12.8 Å². The third-order valence-corrected chi connectivity index (χ3v) is 4.93. The Hall–Kier alpha value is -2.29. The van der Waals surface area contributed by atoms with E-state index in [1.165, 1.54) is 21.9 Å². The maximum Gasteiger partial charge on any atom is 0.407 e. The average Bonchev–Trinajstić information content (AvgIpc) is 2.54. The molecule has 0 spiro atoms. The number of benzene rings is 2. The van der Waals surface area contributed by atoms with Crippen molar-refractivity contribution >= 4 is 22.9 Å². The van der Waals surface area contributed by atoms with E-state index in [4.69, 9.17) is 0 Å². The summed E-state index contributed by atoms with van der Waals surface area (Å²) in [5.41, 5.74) is 2.49. The van der Waals surface area contributed by atoms with Crippen LogP contribution in [0.15, 0.2) is 48.0 Å². The van der Waals surface area contributed by atoms with Crippen LogP contribution < -0.4 is 0 Å². The van der Waals surface area contributed by atoms with Crippen molar-refractivity contribution in [2.24, 2.45) is 5.41 Å². The Kier molecular flexibility index (Phi) is 4.35. The zero-order valence-corrected chi connectivity index (χ0v) is 14.6. The highest BCUT2D eigenvalue weighted by atomic mass is 16.4. The summed E-state index contributed by atoms with van der Waals surface area (Å²) in [4.78, 5) is 13.2. The smallest absolute Gasteiger partial charge is 0.407 e. The Labute approximate surface area is 143 Å². The van der Waals surface area contributed by atoms with Gasteiger partial charge in [-0.2, -0.15) is 0 Å². The van der Waals surface area contributed by atoms with Gasteiger partial charge in [0, 0.05) is 12.6 Å². The molecule has 1 heterocycles. The van der Waals surface area contributed by atoms with Gasteiger partial charge in [0.1, 0.15) is 0 Å². The molecule has 1 unspecified atom stereocenters. The first-order valence-corrected chi connectivity index (χ1v) is 8.53. The van der Waals surface area contributed by atoms with E-state index in [2.05, 4.69) is 69.3 Å². The molecule has 126 valence electrons. The van der Waals surface area contributed by atoms with Gasteiger partial charge < -0.3 is 10.0 Å². The summed E-state index contributed by atoms with van der Waals surface area (Å²) >= 11 is 0. The largest absolute Gasteiger partial charge is 0.465 e. The van der Waals surface area contributed by atoms with Gasteiger partial charge in [-0.05, 0) is 34.6 Å². The first-order chi connectivity index (χ1) is 11.4. The number of hydrogen-bond acceptors (Lipinski definition) is 1. The van der Waals surface area contributed by atoms with Crippen molar-refractivity contribution in [3.05, 3.63) is 53.6 Å². The summed E-state index contributed by atoms with van der Waals surface area (Å²) in [6.07, 6.45) is 3.07. The monoisotopic (exact) mass is 323 g/mol. The van der Waals surface area contributed by atoms with E-state index in [0.29, 0.717) is 6.54 Å². The van der Waals surface area contributed by atoms with Crippen molar-refractivity contribution in [3.63, 3.8) is 0 Å². The van der Waals surface area contributed by atoms with Crippen molar-refractivity contribution < 1.29 is 9.90 Å². The van der Waals surface area contributed by atoms with Gasteiger partial charge >= 0.3 is 6.09 Å². The topological polar surface area (TPSA) is 40.5 Å². The van der Waals surface area contributed by atoms with Crippen molar-refractivity contribution in [2.45, 2.75) is 39.7 Å². The Morgan fingerprint density at radius 2 is 1.88 bits per heavy atom. The number of nitrogens with zero attached hydrogens (tertiary/aromatic N) is 1. The third-order valence-electron chi connectivity index (χ3n) is 4.93. The number of fused-ring (bicyclic) bond motifs is 1. The molecule has 1 saturated heterocycles. The number of hydrogen-bond donors (Lipinski definition) is 1. The third kappa shape index (κ3) is 3.30. The molecule has 0 aromatic heterocycles. The Morgan fingerprint density at radius 1 is 1.17 bits per heavy atom. The molecule has 0 radical (unpaired) electrons. The lowest BCUT2D eigenvalue weighted by molar-refractivity contribution is 0.0724. The zero-order valence-electron chi connectivity index (χ0n) is 14.6. The predicted octanol–water partition coefficient (Wildman–Crippen LogP) is 5.41. The summed E-state index contributed by atoms with van der Waals surface area (Å²) in [6, 6.07) is 14.8. The summed E-state index contributed by atoms with van der Waals surface area (Å²) in [5.74, 6) is 0. The molecular weight excluding hydrogens is 298 g/mol. The lowest BCUT2D eigenvalue weighted by atomic mass is 9.79. The molecule has 3 rings (SSSR count). The molecule has 1 amide bonds. The number of piperidine rings is 1. The maximum atomic E-state index is 11.6. The fourth-order valence-electron chi connectivity index (χ4n) is 3.61. The number of carbonyl (C=O) groups is 1. The van der Waals surface area contributed by atoms with Crippen LogP contribution >= 0.6 is 0 Å². The van der Waals surface area contributed by atoms with Crippen LogP contribution in [-0.2, 0) is 0 Å². The van der Waals surface area contributed by atoms with Crippen molar-refractivity contribution in [1.82, 2.24) is 4.90 Å². The van der Waals surface area contributed by atoms with E-state index < -0.39 is 6.09 Å². The Balaban J connectivity index is 1.95. The van der Waals surface area contributed by atoms with E-state index in [1.54, 1.807) is 4.90 Å². The average molecular weight is 323 g/mol. The maximum absolute atomic E-state index is 11.6. The van der Waals surface area contributed by atoms with Crippen LogP contribution in [0.3, 0.4) is 0 Å². The van der Waals surface area contributed by atoms with E-state index in [9.17, 15) is 9.90 Å². The van der Waals surface area contributed by atoms with Crippen molar-refractivity contribution in [3.8, 4) is 0 Å². The number of carboxylic acid groups (broad SMARTS) is 1. The molecule has 1 N–H and O–H groups in total. The van der Waals surface area contributed by atoms with Gasteiger partial charge in [0.2, 0.25) is 0 Å². The van der Waals surface area contributed by atoms with Crippen molar-refractivity contribution in [1.29, 1.82) is 0 Å². The van der Waals surface area contributed by atoms with Gasteiger partial charge in [-0.15, -0.1) is 0 Å². The second-order valence-electron chi connectivity index (χ2n) is 7.68. The molecule has 1 aliphatic heterocycles.